The van der Waals surface area contributed by atoms with Gasteiger partial charge in [0.15, 0.2) is 0 Å². The number of allylic oxidation sites excluding steroid dienone is 6. The lowest BCUT2D eigenvalue weighted by molar-refractivity contribution is -0.132. The van der Waals surface area contributed by atoms with Gasteiger partial charge in [-0.15, -0.1) is 0 Å². The standard InChI is InChI=1S/C20H24O3/c1-11(2)14-16(21)12-8-10-20(5)13(7-6-9-19(20,3)4)15(12)18(23)17(14)22/h7-8,10-11,21H,6,9H2,1-5H3/t20-/m0/s1. The second-order valence-electron chi connectivity index (χ2n) is 7.94. The molecule has 0 fully saturated rings. The lowest BCUT2D eigenvalue weighted by Gasteiger charge is -2.49. The van der Waals surface area contributed by atoms with Gasteiger partial charge in [0.05, 0.1) is 0 Å². The van der Waals surface area contributed by atoms with Crippen LogP contribution in [0.5, 0.6) is 0 Å². The fourth-order valence-electron chi connectivity index (χ4n) is 4.04. The first-order chi connectivity index (χ1) is 10.6. The summed E-state index contributed by atoms with van der Waals surface area (Å²) in [5.74, 6) is -1.24. The van der Waals surface area contributed by atoms with E-state index in [1.54, 1.807) is 0 Å². The number of hydrogen-bond donors (Lipinski definition) is 1. The van der Waals surface area contributed by atoms with Crippen molar-refractivity contribution in [3.63, 3.8) is 0 Å². The van der Waals surface area contributed by atoms with Crippen molar-refractivity contribution >= 4 is 11.6 Å². The van der Waals surface area contributed by atoms with E-state index in [1.165, 1.54) is 0 Å². The zero-order valence-electron chi connectivity index (χ0n) is 14.5. The van der Waals surface area contributed by atoms with Gasteiger partial charge in [-0.05, 0) is 29.7 Å². The third-order valence-electron chi connectivity index (χ3n) is 5.97. The van der Waals surface area contributed by atoms with Gasteiger partial charge in [0.1, 0.15) is 5.76 Å². The van der Waals surface area contributed by atoms with Crippen LogP contribution in [0.25, 0.3) is 0 Å². The zero-order chi connectivity index (χ0) is 17.2. The predicted octanol–water partition coefficient (Wildman–Crippen LogP) is 4.23. The van der Waals surface area contributed by atoms with Crippen LogP contribution >= 0.6 is 0 Å². The summed E-state index contributed by atoms with van der Waals surface area (Å²) in [4.78, 5) is 25.3. The van der Waals surface area contributed by atoms with Gasteiger partial charge < -0.3 is 5.11 Å². The van der Waals surface area contributed by atoms with Crippen molar-refractivity contribution < 1.29 is 14.7 Å². The minimum Gasteiger partial charge on any atom is -0.507 e. The fourth-order valence-corrected chi connectivity index (χ4v) is 4.04. The van der Waals surface area contributed by atoms with Gasteiger partial charge >= 0.3 is 0 Å². The van der Waals surface area contributed by atoms with Crippen LogP contribution in [0.15, 0.2) is 46.3 Å². The molecule has 0 radical (unpaired) electrons. The van der Waals surface area contributed by atoms with Gasteiger partial charge in [0.2, 0.25) is 11.6 Å². The Hall–Kier alpha value is -1.90. The number of carbonyl (C=O) groups excluding carboxylic acids is 2. The predicted molar refractivity (Wildman–Crippen MR) is 89.9 cm³/mol. The second kappa shape index (κ2) is 4.80. The Labute approximate surface area is 137 Å². The fraction of sp³-hybridized carbons (Fsp3) is 0.500. The van der Waals surface area contributed by atoms with E-state index in [9.17, 15) is 14.7 Å². The van der Waals surface area contributed by atoms with Gasteiger partial charge in [-0.25, -0.2) is 0 Å². The Balaban J connectivity index is 2.27. The van der Waals surface area contributed by atoms with Gasteiger partial charge in [-0.1, -0.05) is 52.8 Å². The largest absolute Gasteiger partial charge is 0.507 e. The topological polar surface area (TPSA) is 54.4 Å². The Morgan fingerprint density at radius 3 is 2.39 bits per heavy atom. The van der Waals surface area contributed by atoms with Crippen LogP contribution < -0.4 is 0 Å². The number of fused-ring (bicyclic) bond motifs is 2. The van der Waals surface area contributed by atoms with Crippen LogP contribution in [-0.2, 0) is 9.59 Å². The van der Waals surface area contributed by atoms with Crippen molar-refractivity contribution in [1.29, 1.82) is 0 Å². The third-order valence-corrected chi connectivity index (χ3v) is 5.97. The molecule has 3 nitrogen and oxygen atoms in total. The van der Waals surface area contributed by atoms with Gasteiger partial charge in [-0.3, -0.25) is 9.59 Å². The quantitative estimate of drug-likeness (QED) is 0.582. The molecule has 0 amide bonds. The molecule has 1 N–H and O–H groups in total. The lowest BCUT2D eigenvalue weighted by atomic mass is 9.54. The first-order valence-corrected chi connectivity index (χ1v) is 8.29. The van der Waals surface area contributed by atoms with Crippen LogP contribution in [0.4, 0.5) is 0 Å². The van der Waals surface area contributed by atoms with E-state index < -0.39 is 11.6 Å². The summed E-state index contributed by atoms with van der Waals surface area (Å²) in [7, 11) is 0. The summed E-state index contributed by atoms with van der Waals surface area (Å²) in [6.45, 7) is 10.2. The van der Waals surface area contributed by atoms with Crippen LogP contribution in [-0.4, -0.2) is 16.7 Å². The van der Waals surface area contributed by atoms with Crippen molar-refractivity contribution in [1.82, 2.24) is 0 Å². The molecule has 0 saturated heterocycles. The molecule has 0 aromatic heterocycles. The number of hydrogen-bond acceptors (Lipinski definition) is 3. The monoisotopic (exact) mass is 312 g/mol. The third kappa shape index (κ3) is 1.95. The average Bonchev–Trinajstić information content (AvgIpc) is 2.45. The molecule has 0 bridgehead atoms. The summed E-state index contributed by atoms with van der Waals surface area (Å²) in [5.41, 5.74) is 1.76. The number of aliphatic hydroxyl groups excluding tert-OH is 1. The highest BCUT2D eigenvalue weighted by Crippen LogP contribution is 2.57. The van der Waals surface area contributed by atoms with Crippen molar-refractivity contribution in [3.8, 4) is 0 Å². The minimum atomic E-state index is -0.557. The molecule has 0 aromatic rings. The molecule has 3 rings (SSSR count). The Kier molecular flexibility index (Phi) is 3.33. The maximum Gasteiger partial charge on any atom is 0.234 e. The molecule has 1 atom stereocenters. The van der Waals surface area contributed by atoms with E-state index in [4.69, 9.17) is 0 Å². The molecule has 0 unspecified atom stereocenters. The molecule has 3 heteroatoms. The highest BCUT2D eigenvalue weighted by molar-refractivity contribution is 6.51. The highest BCUT2D eigenvalue weighted by atomic mass is 16.3. The maximum atomic E-state index is 12.8. The number of aliphatic hydroxyl groups is 1. The zero-order valence-corrected chi connectivity index (χ0v) is 14.5. The second-order valence-corrected chi connectivity index (χ2v) is 7.94. The molecule has 3 aliphatic rings. The summed E-state index contributed by atoms with van der Waals surface area (Å²) >= 11 is 0. The summed E-state index contributed by atoms with van der Waals surface area (Å²) in [6.07, 6.45) is 7.91. The average molecular weight is 312 g/mol. The molecule has 122 valence electrons. The van der Waals surface area contributed by atoms with E-state index >= 15 is 0 Å². The molecule has 3 aliphatic carbocycles. The molecule has 0 aromatic carbocycles. The van der Waals surface area contributed by atoms with Gasteiger partial charge in [0, 0.05) is 22.1 Å². The molecule has 0 heterocycles. The SMILES string of the molecule is CC(C)C1=C(O)C2=C(C(=O)C1=O)C1=CCCC(C)(C)[C@@]1(C)C=C2. The van der Waals surface area contributed by atoms with E-state index in [0.29, 0.717) is 11.1 Å². The van der Waals surface area contributed by atoms with Crippen molar-refractivity contribution in [3.05, 3.63) is 46.3 Å². The first-order valence-electron chi connectivity index (χ1n) is 8.29. The van der Waals surface area contributed by atoms with Crippen LogP contribution in [0.2, 0.25) is 0 Å². The van der Waals surface area contributed by atoms with E-state index in [1.807, 2.05) is 19.9 Å². The summed E-state index contributed by atoms with van der Waals surface area (Å²) in [6, 6.07) is 0. The molecular weight excluding hydrogens is 288 g/mol. The molecule has 23 heavy (non-hydrogen) atoms. The Bertz CT molecular complexity index is 741. The van der Waals surface area contributed by atoms with E-state index in [0.717, 1.165) is 18.4 Å². The smallest absolute Gasteiger partial charge is 0.234 e. The Morgan fingerprint density at radius 2 is 1.78 bits per heavy atom. The van der Waals surface area contributed by atoms with Crippen LogP contribution in [0.3, 0.4) is 0 Å². The number of Topliss-reactive ketones (excluding diaryl/α,β-unsaturated/α-hetero) is 2. The highest BCUT2D eigenvalue weighted by Gasteiger charge is 2.50. The van der Waals surface area contributed by atoms with Crippen LogP contribution in [0.1, 0.15) is 47.5 Å². The Morgan fingerprint density at radius 1 is 1.13 bits per heavy atom. The van der Waals surface area contributed by atoms with E-state index in [-0.39, 0.29) is 28.1 Å². The molecule has 0 aliphatic heterocycles. The number of carbonyl (C=O) groups is 2. The molecule has 0 saturated carbocycles. The van der Waals surface area contributed by atoms with Crippen LogP contribution in [0, 0.1) is 16.7 Å². The van der Waals surface area contributed by atoms with Crippen molar-refractivity contribution in [2.75, 3.05) is 0 Å². The molecular formula is C20H24O3. The maximum absolute atomic E-state index is 12.8. The van der Waals surface area contributed by atoms with E-state index in [2.05, 4.69) is 32.9 Å². The van der Waals surface area contributed by atoms with Crippen molar-refractivity contribution in [2.45, 2.75) is 47.5 Å². The summed E-state index contributed by atoms with van der Waals surface area (Å²) in [5, 5.41) is 10.6. The van der Waals surface area contributed by atoms with Gasteiger partial charge in [-0.2, -0.15) is 0 Å². The molecule has 0 spiro atoms. The minimum absolute atomic E-state index is 0.00685. The van der Waals surface area contributed by atoms with Gasteiger partial charge in [0.25, 0.3) is 0 Å². The first kappa shape index (κ1) is 16.0. The van der Waals surface area contributed by atoms with Crippen molar-refractivity contribution in [2.24, 2.45) is 16.7 Å². The number of rotatable bonds is 1. The lowest BCUT2D eigenvalue weighted by Crippen LogP contribution is -2.43. The number of ketones is 2. The summed E-state index contributed by atoms with van der Waals surface area (Å²) < 4.78 is 0. The normalized spacial score (nSPS) is 29.7.